The summed E-state index contributed by atoms with van der Waals surface area (Å²) in [5.41, 5.74) is 7.40. The molecule has 0 bridgehead atoms. The molecule has 0 aliphatic heterocycles. The predicted octanol–water partition coefficient (Wildman–Crippen LogP) is 1.86. The van der Waals surface area contributed by atoms with Gasteiger partial charge in [0.15, 0.2) is 0 Å². The topological polar surface area (TPSA) is 61.3 Å². The van der Waals surface area contributed by atoms with Crippen molar-refractivity contribution in [1.82, 2.24) is 5.16 Å². The molecule has 2 N–H and O–H groups in total. The summed E-state index contributed by atoms with van der Waals surface area (Å²) in [6, 6.07) is 9.54. The van der Waals surface area contributed by atoms with Gasteiger partial charge in [-0.3, -0.25) is 0 Å². The lowest BCUT2D eigenvalue weighted by atomic mass is 10.1. The fraction of sp³-hybridized carbons (Fsp3) is 0.182. The molecular weight excluding hydrogens is 192 g/mol. The highest BCUT2D eigenvalue weighted by atomic mass is 16.5. The molecule has 0 radical (unpaired) electrons. The number of hydrogen-bond donors (Lipinski definition) is 1. The summed E-state index contributed by atoms with van der Waals surface area (Å²) < 4.78 is 9.85. The second kappa shape index (κ2) is 4.04. The molecular formula is C11H12N2O2. The quantitative estimate of drug-likeness (QED) is 0.828. The van der Waals surface area contributed by atoms with Crippen LogP contribution in [0, 0.1) is 0 Å². The largest absolute Gasteiger partial charge is 0.497 e. The summed E-state index contributed by atoms with van der Waals surface area (Å²) in [4.78, 5) is 0. The van der Waals surface area contributed by atoms with Crippen molar-refractivity contribution in [2.24, 2.45) is 0 Å². The second-order valence-corrected chi connectivity index (χ2v) is 3.25. The minimum absolute atomic E-state index is 0.346. The summed E-state index contributed by atoms with van der Waals surface area (Å²) in [7, 11) is 1.65. The van der Waals surface area contributed by atoms with Gasteiger partial charge in [-0.1, -0.05) is 17.3 Å². The Hall–Kier alpha value is -1.97. The lowest BCUT2D eigenvalue weighted by molar-refractivity contribution is 0.414. The van der Waals surface area contributed by atoms with E-state index in [0.29, 0.717) is 12.3 Å². The van der Waals surface area contributed by atoms with Crippen molar-refractivity contribution in [2.75, 3.05) is 12.8 Å². The van der Waals surface area contributed by atoms with E-state index < -0.39 is 0 Å². The number of rotatable bonds is 3. The number of anilines is 1. The average Bonchev–Trinajstić information content (AvgIpc) is 2.65. The third-order valence-electron chi connectivity index (χ3n) is 2.12. The molecule has 4 heteroatoms. The number of ether oxygens (including phenoxy) is 1. The summed E-state index contributed by atoms with van der Waals surface area (Å²) in [6.07, 6.45) is 0.713. The molecule has 0 saturated carbocycles. The number of nitrogen functional groups attached to an aromatic ring is 1. The number of benzene rings is 1. The van der Waals surface area contributed by atoms with Gasteiger partial charge in [0.25, 0.3) is 0 Å². The standard InChI is InChI=1S/C11H12N2O2/c1-14-10-4-2-8(3-5-10)6-9-7-11(12)15-13-9/h2-5,7H,6,12H2,1H3. The third-order valence-corrected chi connectivity index (χ3v) is 2.12. The van der Waals surface area contributed by atoms with Gasteiger partial charge in [0, 0.05) is 12.5 Å². The molecule has 0 aliphatic carbocycles. The van der Waals surface area contributed by atoms with Crippen LogP contribution >= 0.6 is 0 Å². The second-order valence-electron chi connectivity index (χ2n) is 3.25. The highest BCUT2D eigenvalue weighted by molar-refractivity contribution is 5.32. The van der Waals surface area contributed by atoms with Crippen molar-refractivity contribution >= 4 is 5.88 Å². The first-order valence-corrected chi connectivity index (χ1v) is 4.62. The summed E-state index contributed by atoms with van der Waals surface area (Å²) in [6.45, 7) is 0. The van der Waals surface area contributed by atoms with E-state index >= 15 is 0 Å². The van der Waals surface area contributed by atoms with E-state index in [2.05, 4.69) is 5.16 Å². The van der Waals surface area contributed by atoms with Crippen LogP contribution in [0.4, 0.5) is 5.88 Å². The first-order chi connectivity index (χ1) is 7.28. The Morgan fingerprint density at radius 2 is 2.07 bits per heavy atom. The molecule has 78 valence electrons. The maximum atomic E-state index is 5.43. The molecule has 2 aromatic rings. The number of methoxy groups -OCH3 is 1. The average molecular weight is 204 g/mol. The molecule has 0 spiro atoms. The molecule has 0 unspecified atom stereocenters. The molecule has 0 saturated heterocycles. The van der Waals surface area contributed by atoms with Crippen LogP contribution in [0.3, 0.4) is 0 Å². The molecule has 0 aliphatic rings. The lowest BCUT2D eigenvalue weighted by Crippen LogP contribution is -1.88. The van der Waals surface area contributed by atoms with E-state index in [0.717, 1.165) is 17.0 Å². The molecule has 4 nitrogen and oxygen atoms in total. The zero-order valence-electron chi connectivity index (χ0n) is 8.43. The van der Waals surface area contributed by atoms with Crippen molar-refractivity contribution < 1.29 is 9.26 Å². The van der Waals surface area contributed by atoms with Crippen LogP contribution in [0.15, 0.2) is 34.9 Å². The van der Waals surface area contributed by atoms with Crippen molar-refractivity contribution in [3.05, 3.63) is 41.6 Å². The Labute approximate surface area is 87.6 Å². The lowest BCUT2D eigenvalue weighted by Gasteiger charge is -2.00. The number of nitrogens with zero attached hydrogens (tertiary/aromatic N) is 1. The first kappa shape index (κ1) is 9.58. The summed E-state index contributed by atoms with van der Waals surface area (Å²) in [5, 5.41) is 3.82. The normalized spacial score (nSPS) is 10.2. The molecule has 1 aromatic carbocycles. The van der Waals surface area contributed by atoms with E-state index in [1.807, 2.05) is 24.3 Å². The smallest absolute Gasteiger partial charge is 0.222 e. The molecule has 0 amide bonds. The fourth-order valence-corrected chi connectivity index (χ4v) is 1.36. The number of hydrogen-bond acceptors (Lipinski definition) is 4. The van der Waals surface area contributed by atoms with Crippen LogP contribution in [0.25, 0.3) is 0 Å². The molecule has 1 heterocycles. The van der Waals surface area contributed by atoms with Gasteiger partial charge < -0.3 is 15.0 Å². The van der Waals surface area contributed by atoms with Gasteiger partial charge in [-0.15, -0.1) is 0 Å². The Balaban J connectivity index is 2.11. The van der Waals surface area contributed by atoms with Gasteiger partial charge in [-0.05, 0) is 17.7 Å². The molecule has 0 fully saturated rings. The van der Waals surface area contributed by atoms with Crippen LogP contribution < -0.4 is 10.5 Å². The van der Waals surface area contributed by atoms with E-state index in [1.165, 1.54) is 0 Å². The fourth-order valence-electron chi connectivity index (χ4n) is 1.36. The molecule has 15 heavy (non-hydrogen) atoms. The van der Waals surface area contributed by atoms with Gasteiger partial charge in [0.2, 0.25) is 5.88 Å². The van der Waals surface area contributed by atoms with E-state index in [1.54, 1.807) is 13.2 Å². The van der Waals surface area contributed by atoms with Gasteiger partial charge in [-0.2, -0.15) is 0 Å². The number of aromatic nitrogens is 1. The van der Waals surface area contributed by atoms with E-state index in [-0.39, 0.29) is 0 Å². The minimum atomic E-state index is 0.346. The molecule has 1 aromatic heterocycles. The van der Waals surface area contributed by atoms with Gasteiger partial charge >= 0.3 is 0 Å². The van der Waals surface area contributed by atoms with Crippen LogP contribution in [0.5, 0.6) is 5.75 Å². The highest BCUT2D eigenvalue weighted by Gasteiger charge is 2.02. The number of nitrogens with two attached hydrogens (primary N) is 1. The van der Waals surface area contributed by atoms with E-state index in [9.17, 15) is 0 Å². The van der Waals surface area contributed by atoms with Crippen molar-refractivity contribution in [1.29, 1.82) is 0 Å². The van der Waals surface area contributed by atoms with Crippen LogP contribution in [0.1, 0.15) is 11.3 Å². The van der Waals surface area contributed by atoms with Gasteiger partial charge in [0.1, 0.15) is 5.75 Å². The predicted molar refractivity (Wildman–Crippen MR) is 56.7 cm³/mol. The van der Waals surface area contributed by atoms with Gasteiger partial charge in [-0.25, -0.2) is 0 Å². The minimum Gasteiger partial charge on any atom is -0.497 e. The summed E-state index contributed by atoms with van der Waals surface area (Å²) >= 11 is 0. The van der Waals surface area contributed by atoms with Crippen molar-refractivity contribution in [3.8, 4) is 5.75 Å². The Bertz CT molecular complexity index is 434. The zero-order valence-corrected chi connectivity index (χ0v) is 8.43. The maximum absolute atomic E-state index is 5.43. The first-order valence-electron chi connectivity index (χ1n) is 4.62. The Morgan fingerprint density at radius 1 is 1.33 bits per heavy atom. The molecule has 0 atom stereocenters. The zero-order chi connectivity index (χ0) is 10.7. The summed E-state index contributed by atoms with van der Waals surface area (Å²) in [5.74, 6) is 1.19. The third kappa shape index (κ3) is 2.28. The van der Waals surface area contributed by atoms with Crippen LogP contribution in [-0.2, 0) is 6.42 Å². The van der Waals surface area contributed by atoms with Gasteiger partial charge in [0.05, 0.1) is 12.8 Å². The van der Waals surface area contributed by atoms with Crippen molar-refractivity contribution in [3.63, 3.8) is 0 Å². The maximum Gasteiger partial charge on any atom is 0.222 e. The van der Waals surface area contributed by atoms with Crippen molar-refractivity contribution in [2.45, 2.75) is 6.42 Å². The Kier molecular flexibility index (Phi) is 2.58. The molecule has 2 rings (SSSR count). The van der Waals surface area contributed by atoms with E-state index in [4.69, 9.17) is 15.0 Å². The Morgan fingerprint density at radius 3 is 2.60 bits per heavy atom. The SMILES string of the molecule is COc1ccc(Cc2cc(N)on2)cc1. The highest BCUT2D eigenvalue weighted by Crippen LogP contribution is 2.15. The van der Waals surface area contributed by atoms with Crippen LogP contribution in [-0.4, -0.2) is 12.3 Å². The monoisotopic (exact) mass is 204 g/mol. The van der Waals surface area contributed by atoms with Crippen LogP contribution in [0.2, 0.25) is 0 Å².